The van der Waals surface area contributed by atoms with Crippen molar-refractivity contribution in [2.45, 2.75) is 26.8 Å². The Labute approximate surface area is 212 Å². The smallest absolute Gasteiger partial charge is 0.338 e. The minimum absolute atomic E-state index is 0.225. The van der Waals surface area contributed by atoms with E-state index in [0.29, 0.717) is 43.5 Å². The first-order valence-corrected chi connectivity index (χ1v) is 12.3. The van der Waals surface area contributed by atoms with Crippen molar-refractivity contribution in [1.29, 1.82) is 0 Å². The Balaban J connectivity index is 1.94. The van der Waals surface area contributed by atoms with Crippen molar-refractivity contribution in [3.8, 4) is 5.75 Å². The van der Waals surface area contributed by atoms with E-state index in [1.54, 1.807) is 48.8 Å². The van der Waals surface area contributed by atoms with Crippen LogP contribution < -0.4 is 19.6 Å². The van der Waals surface area contributed by atoms with E-state index in [4.69, 9.17) is 21.1 Å². The number of nitrogens with zero attached hydrogens (tertiary/aromatic N) is 2. The van der Waals surface area contributed by atoms with E-state index in [0.717, 1.165) is 11.1 Å². The van der Waals surface area contributed by atoms with Crippen LogP contribution in [-0.2, 0) is 9.53 Å². The quantitative estimate of drug-likeness (QED) is 0.352. The molecular weight excluding hydrogens is 484 g/mol. The number of rotatable bonds is 7. The number of esters is 1. The van der Waals surface area contributed by atoms with Crippen molar-refractivity contribution in [3.05, 3.63) is 108 Å². The molecule has 180 valence electrons. The summed E-state index contributed by atoms with van der Waals surface area (Å²) in [5.41, 5.74) is 3.17. The summed E-state index contributed by atoms with van der Waals surface area (Å²) in [6.07, 6.45) is 3.39. The number of carbonyl (C=O) groups is 1. The van der Waals surface area contributed by atoms with Gasteiger partial charge in [0.1, 0.15) is 12.4 Å². The lowest BCUT2D eigenvalue weighted by molar-refractivity contribution is -0.139. The predicted octanol–water partition coefficient (Wildman–Crippen LogP) is 4.32. The maximum atomic E-state index is 13.7. The Morgan fingerprint density at radius 3 is 2.66 bits per heavy atom. The maximum absolute atomic E-state index is 13.7. The van der Waals surface area contributed by atoms with E-state index < -0.39 is 12.0 Å². The maximum Gasteiger partial charge on any atom is 0.338 e. The second kappa shape index (κ2) is 10.5. The molecule has 1 aromatic heterocycles. The molecule has 1 atom stereocenters. The Kier molecular flexibility index (Phi) is 7.38. The second-order valence-electron chi connectivity index (χ2n) is 7.99. The molecule has 8 heteroatoms. The van der Waals surface area contributed by atoms with Crippen molar-refractivity contribution >= 4 is 35.0 Å². The summed E-state index contributed by atoms with van der Waals surface area (Å²) in [4.78, 5) is 31.8. The fourth-order valence-corrected chi connectivity index (χ4v) is 5.13. The van der Waals surface area contributed by atoms with Crippen LogP contribution in [0.15, 0.2) is 76.2 Å². The molecule has 0 aliphatic carbocycles. The van der Waals surface area contributed by atoms with Crippen LogP contribution in [0.4, 0.5) is 0 Å². The average Bonchev–Trinajstić information content (AvgIpc) is 3.12. The third-order valence-electron chi connectivity index (χ3n) is 5.53. The highest BCUT2D eigenvalue weighted by Gasteiger charge is 2.33. The molecule has 1 aliphatic rings. The van der Waals surface area contributed by atoms with Crippen LogP contribution in [0.2, 0.25) is 5.02 Å². The van der Waals surface area contributed by atoms with E-state index in [1.165, 1.54) is 11.3 Å². The van der Waals surface area contributed by atoms with Gasteiger partial charge in [0.25, 0.3) is 5.56 Å². The van der Waals surface area contributed by atoms with Gasteiger partial charge < -0.3 is 9.47 Å². The van der Waals surface area contributed by atoms with Crippen molar-refractivity contribution in [2.75, 3.05) is 13.2 Å². The zero-order valence-electron chi connectivity index (χ0n) is 19.7. The molecule has 0 saturated carbocycles. The van der Waals surface area contributed by atoms with Crippen LogP contribution in [0.1, 0.15) is 36.6 Å². The first-order valence-electron chi connectivity index (χ1n) is 11.1. The molecule has 0 spiro atoms. The Bertz CT molecular complexity index is 1500. The fraction of sp³-hybridized carbons (Fsp3) is 0.222. The number of hydrogen-bond donors (Lipinski definition) is 0. The van der Waals surface area contributed by atoms with Gasteiger partial charge in [-0.25, -0.2) is 9.79 Å². The highest BCUT2D eigenvalue weighted by atomic mass is 35.5. The lowest BCUT2D eigenvalue weighted by Crippen LogP contribution is -2.39. The van der Waals surface area contributed by atoms with Gasteiger partial charge in [0, 0.05) is 10.6 Å². The van der Waals surface area contributed by atoms with E-state index in [1.807, 2.05) is 31.2 Å². The van der Waals surface area contributed by atoms with Gasteiger partial charge in [0.2, 0.25) is 0 Å². The highest BCUT2D eigenvalue weighted by molar-refractivity contribution is 7.07. The number of hydrogen-bond acceptors (Lipinski definition) is 6. The molecular formula is C27H25ClN2O4S. The lowest BCUT2D eigenvalue weighted by atomic mass is 9.95. The number of halogens is 1. The summed E-state index contributed by atoms with van der Waals surface area (Å²) < 4.78 is 13.1. The average molecular weight is 509 g/mol. The van der Waals surface area contributed by atoms with Gasteiger partial charge in [-0.3, -0.25) is 9.36 Å². The van der Waals surface area contributed by atoms with Gasteiger partial charge in [0.05, 0.1) is 28.5 Å². The van der Waals surface area contributed by atoms with Gasteiger partial charge in [-0.1, -0.05) is 65.4 Å². The van der Waals surface area contributed by atoms with E-state index in [2.05, 4.69) is 11.6 Å². The van der Waals surface area contributed by atoms with Crippen molar-refractivity contribution in [3.63, 3.8) is 0 Å². The fourth-order valence-electron chi connectivity index (χ4n) is 3.91. The summed E-state index contributed by atoms with van der Waals surface area (Å²) in [6, 6.07) is 12.3. The third-order valence-corrected chi connectivity index (χ3v) is 6.74. The van der Waals surface area contributed by atoms with Gasteiger partial charge in [-0.05, 0) is 50.6 Å². The van der Waals surface area contributed by atoms with E-state index in [-0.39, 0.29) is 12.2 Å². The number of benzene rings is 2. The van der Waals surface area contributed by atoms with Crippen LogP contribution in [0.25, 0.3) is 6.08 Å². The molecule has 0 N–H and O–H groups in total. The molecule has 0 fully saturated rings. The summed E-state index contributed by atoms with van der Waals surface area (Å²) >= 11 is 7.48. The predicted molar refractivity (Wildman–Crippen MR) is 139 cm³/mol. The van der Waals surface area contributed by atoms with Gasteiger partial charge >= 0.3 is 5.97 Å². The van der Waals surface area contributed by atoms with Crippen molar-refractivity contribution in [2.24, 2.45) is 4.99 Å². The summed E-state index contributed by atoms with van der Waals surface area (Å²) in [7, 11) is 0. The number of ether oxygens (including phenoxy) is 2. The molecule has 4 rings (SSSR count). The zero-order chi connectivity index (χ0) is 25.1. The van der Waals surface area contributed by atoms with E-state index in [9.17, 15) is 9.59 Å². The Morgan fingerprint density at radius 2 is 1.97 bits per heavy atom. The summed E-state index contributed by atoms with van der Waals surface area (Å²) in [5, 5.41) is 0.521. The Morgan fingerprint density at radius 1 is 1.23 bits per heavy atom. The molecule has 2 heterocycles. The molecule has 0 radical (unpaired) electrons. The molecule has 1 aliphatic heterocycles. The third kappa shape index (κ3) is 5.01. The monoisotopic (exact) mass is 508 g/mol. The van der Waals surface area contributed by atoms with Gasteiger partial charge in [-0.2, -0.15) is 0 Å². The minimum Gasteiger partial charge on any atom is -0.489 e. The first kappa shape index (κ1) is 24.7. The number of allylic oxidation sites excluding steroid dienone is 1. The normalized spacial score (nSPS) is 15.4. The van der Waals surface area contributed by atoms with Crippen LogP contribution in [0, 0.1) is 6.92 Å². The number of fused-ring (bicyclic) bond motifs is 1. The molecule has 6 nitrogen and oxygen atoms in total. The number of thiazole rings is 1. The van der Waals surface area contributed by atoms with Gasteiger partial charge in [0.15, 0.2) is 4.80 Å². The molecule has 35 heavy (non-hydrogen) atoms. The van der Waals surface area contributed by atoms with E-state index >= 15 is 0 Å². The highest BCUT2D eigenvalue weighted by Crippen LogP contribution is 2.31. The molecule has 0 unspecified atom stereocenters. The largest absolute Gasteiger partial charge is 0.489 e. The number of aryl methyl sites for hydroxylation is 1. The zero-order valence-corrected chi connectivity index (χ0v) is 21.3. The van der Waals surface area contributed by atoms with Crippen molar-refractivity contribution < 1.29 is 14.3 Å². The Hall–Kier alpha value is -3.42. The van der Waals surface area contributed by atoms with Gasteiger partial charge in [-0.15, -0.1) is 0 Å². The topological polar surface area (TPSA) is 69.9 Å². The van der Waals surface area contributed by atoms with Crippen LogP contribution in [0.5, 0.6) is 5.75 Å². The standard InChI is InChI=1S/C27H25ClN2O4S/c1-5-13-34-21-12-11-20(28)14-19(21)15-22-25(31)30-24(18-9-7-16(3)8-10-18)23(26(32)33-6-2)17(4)29-27(30)35-22/h5,7-12,14-15,24H,1,6,13H2,2-4H3/b22-15-/t24-/m0/s1. The molecule has 3 aromatic rings. The number of aromatic nitrogens is 1. The van der Waals surface area contributed by atoms with Crippen LogP contribution in [0.3, 0.4) is 0 Å². The van der Waals surface area contributed by atoms with Crippen LogP contribution >= 0.6 is 22.9 Å². The molecule has 0 bridgehead atoms. The first-order chi connectivity index (χ1) is 16.8. The summed E-state index contributed by atoms with van der Waals surface area (Å²) in [6.45, 7) is 9.73. The molecule has 2 aromatic carbocycles. The van der Waals surface area contributed by atoms with Crippen LogP contribution in [-0.4, -0.2) is 23.8 Å². The second-order valence-corrected chi connectivity index (χ2v) is 9.44. The molecule has 0 amide bonds. The lowest BCUT2D eigenvalue weighted by Gasteiger charge is -2.24. The summed E-state index contributed by atoms with van der Waals surface area (Å²) in [5.74, 6) is 0.0992. The number of carbonyl (C=O) groups excluding carboxylic acids is 1. The minimum atomic E-state index is -0.649. The SMILES string of the molecule is C=CCOc1ccc(Cl)cc1/C=c1\sc2n(c1=O)[C@@H](c1ccc(C)cc1)C(C(=O)OCC)=C(C)N=2. The van der Waals surface area contributed by atoms with Crippen molar-refractivity contribution in [1.82, 2.24) is 4.57 Å². The molecule has 0 saturated heterocycles.